The number of nitrogens with one attached hydrogen (secondary N) is 1. The number of carbonyl (C=O) groups excluding carboxylic acids is 2. The number of hydrogen-bond acceptors (Lipinski definition) is 4. The van der Waals surface area contributed by atoms with Crippen LogP contribution in [0.2, 0.25) is 5.02 Å². The quantitative estimate of drug-likeness (QED) is 0.622. The number of fused-ring (bicyclic) bond motifs is 1. The molecule has 0 fully saturated rings. The van der Waals surface area contributed by atoms with E-state index >= 15 is 0 Å². The third-order valence-corrected chi connectivity index (χ3v) is 5.68. The molecule has 0 bridgehead atoms. The molecule has 32 heavy (non-hydrogen) atoms. The number of nitrogens with zero attached hydrogens (tertiary/aromatic N) is 1. The molecule has 0 spiro atoms. The molecule has 0 aromatic heterocycles. The third-order valence-electron chi connectivity index (χ3n) is 5.45. The average Bonchev–Trinajstić information content (AvgIpc) is 2.94. The summed E-state index contributed by atoms with van der Waals surface area (Å²) < 4.78 is 10.6. The van der Waals surface area contributed by atoms with Gasteiger partial charge in [0.1, 0.15) is 6.54 Å². The maximum Gasteiger partial charge on any atom is 0.244 e. The standard InChI is InChI=1S/C25H23ClN2O4/c1-31-21-11-8-16(12-22(21)32-2)13-24(30)28-15-23(29)27-20-14-18(26)9-10-19(20)25(28)17-6-4-3-5-7-17/h3-12,14,25H,13,15H2,1-2H3,(H,27,29). The van der Waals surface area contributed by atoms with Crippen molar-refractivity contribution in [3.63, 3.8) is 0 Å². The Kier molecular flexibility index (Phi) is 6.32. The van der Waals surface area contributed by atoms with Crippen molar-refractivity contribution in [1.82, 2.24) is 4.90 Å². The predicted molar refractivity (Wildman–Crippen MR) is 123 cm³/mol. The summed E-state index contributed by atoms with van der Waals surface area (Å²) in [5.41, 5.74) is 3.10. The maximum absolute atomic E-state index is 13.5. The molecular formula is C25H23ClN2O4. The fourth-order valence-electron chi connectivity index (χ4n) is 3.97. The number of ether oxygens (including phenoxy) is 2. The largest absolute Gasteiger partial charge is 0.493 e. The fraction of sp³-hybridized carbons (Fsp3) is 0.200. The van der Waals surface area contributed by atoms with Crippen molar-refractivity contribution in [2.24, 2.45) is 0 Å². The van der Waals surface area contributed by atoms with Gasteiger partial charge in [0.15, 0.2) is 11.5 Å². The highest BCUT2D eigenvalue weighted by Gasteiger charge is 2.33. The van der Waals surface area contributed by atoms with E-state index in [9.17, 15) is 9.59 Å². The van der Waals surface area contributed by atoms with Gasteiger partial charge in [0, 0.05) is 16.3 Å². The number of amides is 2. The molecule has 1 aliphatic rings. The van der Waals surface area contributed by atoms with Crippen LogP contribution in [0.15, 0.2) is 66.7 Å². The van der Waals surface area contributed by atoms with Crippen LogP contribution in [0.1, 0.15) is 22.7 Å². The topological polar surface area (TPSA) is 67.9 Å². The van der Waals surface area contributed by atoms with Crippen molar-refractivity contribution in [3.05, 3.63) is 88.4 Å². The first-order valence-corrected chi connectivity index (χ1v) is 10.5. The molecule has 2 amide bonds. The van der Waals surface area contributed by atoms with Gasteiger partial charge in [0.25, 0.3) is 0 Å². The lowest BCUT2D eigenvalue weighted by molar-refractivity contribution is -0.135. The van der Waals surface area contributed by atoms with Gasteiger partial charge in [-0.05, 0) is 35.4 Å². The van der Waals surface area contributed by atoms with E-state index in [1.807, 2.05) is 42.5 Å². The highest BCUT2D eigenvalue weighted by Crippen LogP contribution is 2.37. The first-order valence-electron chi connectivity index (χ1n) is 10.1. The van der Waals surface area contributed by atoms with E-state index in [4.69, 9.17) is 21.1 Å². The molecule has 1 heterocycles. The minimum absolute atomic E-state index is 0.0714. The van der Waals surface area contributed by atoms with Gasteiger partial charge < -0.3 is 19.7 Å². The van der Waals surface area contributed by atoms with Crippen molar-refractivity contribution in [3.8, 4) is 11.5 Å². The zero-order valence-corrected chi connectivity index (χ0v) is 18.6. The van der Waals surface area contributed by atoms with Crippen LogP contribution in [0.5, 0.6) is 11.5 Å². The summed E-state index contributed by atoms with van der Waals surface area (Å²) in [5, 5.41) is 3.41. The normalized spacial score (nSPS) is 15.4. The molecular weight excluding hydrogens is 428 g/mol. The van der Waals surface area contributed by atoms with Crippen molar-refractivity contribution in [2.75, 3.05) is 26.1 Å². The van der Waals surface area contributed by atoms with Crippen LogP contribution in [0.25, 0.3) is 0 Å². The second-order valence-corrected chi connectivity index (χ2v) is 7.92. The molecule has 1 unspecified atom stereocenters. The van der Waals surface area contributed by atoms with E-state index in [1.165, 1.54) is 0 Å². The summed E-state index contributed by atoms with van der Waals surface area (Å²) in [6, 6.07) is 19.9. The van der Waals surface area contributed by atoms with E-state index < -0.39 is 6.04 Å². The summed E-state index contributed by atoms with van der Waals surface area (Å²) in [7, 11) is 3.11. The SMILES string of the molecule is COc1ccc(CC(=O)N2CC(=O)Nc3cc(Cl)ccc3C2c2ccccc2)cc1OC. The van der Waals surface area contributed by atoms with Crippen LogP contribution in [0, 0.1) is 0 Å². The van der Waals surface area contributed by atoms with Crippen molar-refractivity contribution < 1.29 is 19.1 Å². The summed E-state index contributed by atoms with van der Waals surface area (Å²) in [6.07, 6.45) is 0.111. The molecule has 7 heteroatoms. The van der Waals surface area contributed by atoms with Crippen LogP contribution in [0.3, 0.4) is 0 Å². The van der Waals surface area contributed by atoms with E-state index in [0.717, 1.165) is 16.7 Å². The Hall–Kier alpha value is -3.51. The molecule has 0 aliphatic carbocycles. The maximum atomic E-state index is 13.5. The molecule has 1 atom stereocenters. The number of carbonyl (C=O) groups is 2. The van der Waals surface area contributed by atoms with Crippen LogP contribution >= 0.6 is 11.6 Å². The zero-order valence-electron chi connectivity index (χ0n) is 17.8. The highest BCUT2D eigenvalue weighted by molar-refractivity contribution is 6.31. The van der Waals surface area contributed by atoms with Crippen molar-refractivity contribution in [1.29, 1.82) is 0 Å². The summed E-state index contributed by atoms with van der Waals surface area (Å²) >= 11 is 6.18. The predicted octanol–water partition coefficient (Wildman–Crippen LogP) is 4.47. The Balaban J connectivity index is 1.74. The van der Waals surface area contributed by atoms with Gasteiger partial charge in [-0.15, -0.1) is 0 Å². The van der Waals surface area contributed by atoms with Gasteiger partial charge in [-0.25, -0.2) is 0 Å². The molecule has 0 saturated carbocycles. The van der Waals surface area contributed by atoms with Gasteiger partial charge in [0.05, 0.1) is 26.7 Å². The number of halogens is 1. The van der Waals surface area contributed by atoms with Gasteiger partial charge in [-0.3, -0.25) is 9.59 Å². The Morgan fingerprint density at radius 2 is 1.78 bits per heavy atom. The molecule has 164 valence electrons. The van der Waals surface area contributed by atoms with Gasteiger partial charge >= 0.3 is 0 Å². The minimum Gasteiger partial charge on any atom is -0.493 e. The number of benzene rings is 3. The lowest BCUT2D eigenvalue weighted by Crippen LogP contribution is -2.39. The molecule has 6 nitrogen and oxygen atoms in total. The number of rotatable bonds is 5. The molecule has 3 aromatic carbocycles. The van der Waals surface area contributed by atoms with E-state index in [0.29, 0.717) is 22.2 Å². The first kappa shape index (κ1) is 21.7. The van der Waals surface area contributed by atoms with Crippen LogP contribution in [0.4, 0.5) is 5.69 Å². The van der Waals surface area contributed by atoms with E-state index in [1.54, 1.807) is 43.4 Å². The molecule has 1 aliphatic heterocycles. The summed E-state index contributed by atoms with van der Waals surface area (Å²) in [4.78, 5) is 27.8. The second kappa shape index (κ2) is 9.32. The van der Waals surface area contributed by atoms with Crippen molar-refractivity contribution >= 4 is 29.1 Å². The van der Waals surface area contributed by atoms with Crippen LogP contribution < -0.4 is 14.8 Å². The average molecular weight is 451 g/mol. The lowest BCUT2D eigenvalue weighted by Gasteiger charge is -2.30. The Morgan fingerprint density at radius 1 is 1.03 bits per heavy atom. The van der Waals surface area contributed by atoms with Crippen LogP contribution in [-0.4, -0.2) is 37.5 Å². The molecule has 0 radical (unpaired) electrons. The monoisotopic (exact) mass is 450 g/mol. The van der Waals surface area contributed by atoms with Crippen LogP contribution in [-0.2, 0) is 16.0 Å². The molecule has 1 N–H and O–H groups in total. The highest BCUT2D eigenvalue weighted by atomic mass is 35.5. The number of hydrogen-bond donors (Lipinski definition) is 1. The first-order chi connectivity index (χ1) is 15.5. The Bertz CT molecular complexity index is 1150. The van der Waals surface area contributed by atoms with Gasteiger partial charge in [0.2, 0.25) is 11.8 Å². The number of anilines is 1. The Labute approximate surface area is 191 Å². The zero-order chi connectivity index (χ0) is 22.7. The molecule has 4 rings (SSSR count). The van der Waals surface area contributed by atoms with Crippen molar-refractivity contribution in [2.45, 2.75) is 12.5 Å². The van der Waals surface area contributed by atoms with Gasteiger partial charge in [-0.2, -0.15) is 0 Å². The van der Waals surface area contributed by atoms with E-state index in [-0.39, 0.29) is 24.8 Å². The Morgan fingerprint density at radius 3 is 2.50 bits per heavy atom. The molecule has 0 saturated heterocycles. The molecule has 3 aromatic rings. The summed E-state index contributed by atoms with van der Waals surface area (Å²) in [6.45, 7) is -0.0714. The van der Waals surface area contributed by atoms with E-state index in [2.05, 4.69) is 5.32 Å². The summed E-state index contributed by atoms with van der Waals surface area (Å²) in [5.74, 6) is 0.688. The third kappa shape index (κ3) is 4.41. The number of methoxy groups -OCH3 is 2. The van der Waals surface area contributed by atoms with Gasteiger partial charge in [-0.1, -0.05) is 54.1 Å². The smallest absolute Gasteiger partial charge is 0.244 e. The lowest BCUT2D eigenvalue weighted by atomic mass is 9.95. The minimum atomic E-state index is -0.435. The fourth-order valence-corrected chi connectivity index (χ4v) is 4.14. The second-order valence-electron chi connectivity index (χ2n) is 7.48.